The number of rotatable bonds is 12. The Kier molecular flexibility index (Phi) is 9.89. The monoisotopic (exact) mass is 464 g/mol. The Balaban J connectivity index is 1.57. The number of nitrogens with zero attached hydrogens (tertiary/aromatic N) is 2. The van der Waals surface area contributed by atoms with Crippen LogP contribution in [0.3, 0.4) is 0 Å². The van der Waals surface area contributed by atoms with Crippen molar-refractivity contribution in [2.24, 2.45) is 0 Å². The van der Waals surface area contributed by atoms with E-state index in [0.29, 0.717) is 22.2 Å². The van der Waals surface area contributed by atoms with Crippen LogP contribution in [0.2, 0.25) is 5.02 Å². The summed E-state index contributed by atoms with van der Waals surface area (Å²) in [6, 6.07) is 12.7. The first-order valence-electron chi connectivity index (χ1n) is 12.0. The molecule has 0 aliphatic carbocycles. The van der Waals surface area contributed by atoms with Crippen molar-refractivity contribution in [3.05, 3.63) is 76.6 Å². The van der Waals surface area contributed by atoms with E-state index in [4.69, 9.17) is 16.3 Å². The predicted octanol–water partition coefficient (Wildman–Crippen LogP) is 7.87. The van der Waals surface area contributed by atoms with Crippen LogP contribution in [0.25, 0.3) is 11.4 Å². The number of benzene rings is 2. The van der Waals surface area contributed by atoms with E-state index in [0.717, 1.165) is 42.4 Å². The molecule has 0 amide bonds. The van der Waals surface area contributed by atoms with E-state index in [1.54, 1.807) is 24.3 Å². The summed E-state index contributed by atoms with van der Waals surface area (Å²) >= 11 is 6.40. The van der Waals surface area contributed by atoms with Crippen molar-refractivity contribution >= 4 is 17.6 Å². The van der Waals surface area contributed by atoms with Gasteiger partial charge < -0.3 is 4.74 Å². The predicted molar refractivity (Wildman–Crippen MR) is 135 cm³/mol. The van der Waals surface area contributed by atoms with Gasteiger partial charge in [0, 0.05) is 23.0 Å². The summed E-state index contributed by atoms with van der Waals surface area (Å²) in [5.74, 6) is 0.711. The van der Waals surface area contributed by atoms with E-state index in [-0.39, 0.29) is 0 Å². The summed E-state index contributed by atoms with van der Waals surface area (Å²) < 4.78 is 5.53. The second-order valence-electron chi connectivity index (χ2n) is 8.40. The molecule has 0 fully saturated rings. The van der Waals surface area contributed by atoms with Crippen molar-refractivity contribution in [3.63, 3.8) is 0 Å². The lowest BCUT2D eigenvalue weighted by molar-refractivity contribution is 0.0735. The molecule has 3 aromatic rings. The molecule has 0 atom stereocenters. The Morgan fingerprint density at radius 3 is 2.18 bits per heavy atom. The number of ether oxygens (including phenoxy) is 1. The molecule has 0 N–H and O–H groups in total. The van der Waals surface area contributed by atoms with Crippen LogP contribution in [0.1, 0.15) is 80.3 Å². The van der Waals surface area contributed by atoms with Crippen LogP contribution >= 0.6 is 11.6 Å². The van der Waals surface area contributed by atoms with Crippen molar-refractivity contribution in [2.45, 2.75) is 71.6 Å². The highest BCUT2D eigenvalue weighted by Crippen LogP contribution is 2.23. The highest BCUT2D eigenvalue weighted by Gasteiger charge is 2.12. The van der Waals surface area contributed by atoms with Crippen LogP contribution in [-0.4, -0.2) is 15.9 Å². The molecule has 4 nitrogen and oxygen atoms in total. The van der Waals surface area contributed by atoms with Gasteiger partial charge in [-0.05, 0) is 73.2 Å². The van der Waals surface area contributed by atoms with Crippen molar-refractivity contribution in [1.29, 1.82) is 0 Å². The molecule has 0 saturated heterocycles. The number of aromatic nitrogens is 2. The minimum absolute atomic E-state index is 0.421. The molecule has 2 aromatic carbocycles. The van der Waals surface area contributed by atoms with Gasteiger partial charge in [0.2, 0.25) is 0 Å². The fraction of sp³-hybridized carbons (Fsp3) is 0.393. The second kappa shape index (κ2) is 13.1. The van der Waals surface area contributed by atoms with Crippen molar-refractivity contribution < 1.29 is 9.53 Å². The first kappa shape index (κ1) is 24.9. The van der Waals surface area contributed by atoms with Gasteiger partial charge >= 0.3 is 5.97 Å². The van der Waals surface area contributed by atoms with Gasteiger partial charge in [-0.15, -0.1) is 0 Å². The van der Waals surface area contributed by atoms with Gasteiger partial charge in [-0.1, -0.05) is 63.6 Å². The van der Waals surface area contributed by atoms with E-state index in [1.807, 2.05) is 30.6 Å². The molecule has 0 aliphatic heterocycles. The summed E-state index contributed by atoms with van der Waals surface area (Å²) in [5, 5.41) is 0.617. The fourth-order valence-electron chi connectivity index (χ4n) is 3.67. The summed E-state index contributed by atoms with van der Waals surface area (Å²) in [6.45, 7) is 4.39. The average Bonchev–Trinajstić information content (AvgIpc) is 2.84. The van der Waals surface area contributed by atoms with E-state index in [1.165, 1.54) is 32.1 Å². The highest BCUT2D eigenvalue weighted by molar-refractivity contribution is 6.31. The summed E-state index contributed by atoms with van der Waals surface area (Å²) in [6.07, 6.45) is 14.0. The maximum absolute atomic E-state index is 12.6. The number of carbonyl (C=O) groups excluding carboxylic acids is 1. The van der Waals surface area contributed by atoms with Gasteiger partial charge in [-0.2, -0.15) is 0 Å². The van der Waals surface area contributed by atoms with Gasteiger partial charge in [0.25, 0.3) is 0 Å². The molecule has 33 heavy (non-hydrogen) atoms. The number of halogens is 1. The van der Waals surface area contributed by atoms with Gasteiger partial charge in [-0.25, -0.2) is 14.8 Å². The van der Waals surface area contributed by atoms with Gasteiger partial charge in [-0.3, -0.25) is 0 Å². The smallest absolute Gasteiger partial charge is 0.343 e. The standard InChI is InChI=1S/C28H33ClN2O2/c1-3-5-7-9-11-22-12-13-24(18-26(22)29)28(32)33-25-16-14-23(15-17-25)27-30-19-21(20-31-27)10-8-6-4-2/h12-20H,3-11H2,1-2H3. The molecule has 1 aromatic heterocycles. The Hall–Kier alpha value is -2.72. The third-order valence-corrected chi connectivity index (χ3v) is 6.04. The molecule has 0 bridgehead atoms. The van der Waals surface area contributed by atoms with E-state index in [9.17, 15) is 4.79 Å². The number of unbranched alkanes of at least 4 members (excludes halogenated alkanes) is 5. The zero-order chi connectivity index (χ0) is 23.5. The first-order valence-corrected chi connectivity index (χ1v) is 12.4. The third-order valence-electron chi connectivity index (χ3n) is 5.69. The molecule has 0 radical (unpaired) electrons. The molecule has 3 rings (SSSR count). The molecular weight excluding hydrogens is 432 g/mol. The molecule has 0 aliphatic rings. The fourth-order valence-corrected chi connectivity index (χ4v) is 3.94. The van der Waals surface area contributed by atoms with Crippen LogP contribution in [-0.2, 0) is 12.8 Å². The molecule has 1 heterocycles. The SMILES string of the molecule is CCCCCCc1ccc(C(=O)Oc2ccc(-c3ncc(CCCCC)cn3)cc2)cc1Cl. The summed E-state index contributed by atoms with van der Waals surface area (Å²) in [5.41, 5.74) is 3.56. The lowest BCUT2D eigenvalue weighted by Gasteiger charge is -2.08. The van der Waals surface area contributed by atoms with Crippen LogP contribution in [0, 0.1) is 0 Å². The lowest BCUT2D eigenvalue weighted by Crippen LogP contribution is -2.08. The number of hydrogen-bond donors (Lipinski definition) is 0. The maximum Gasteiger partial charge on any atom is 0.343 e. The molecule has 0 spiro atoms. The highest BCUT2D eigenvalue weighted by atomic mass is 35.5. The molecule has 0 unspecified atom stereocenters. The molecule has 5 heteroatoms. The number of aryl methyl sites for hydroxylation is 2. The number of esters is 1. The molecular formula is C28H33ClN2O2. The van der Waals surface area contributed by atoms with Crippen molar-refractivity contribution in [3.8, 4) is 17.1 Å². The topological polar surface area (TPSA) is 52.1 Å². The van der Waals surface area contributed by atoms with Gasteiger partial charge in [0.1, 0.15) is 5.75 Å². The van der Waals surface area contributed by atoms with Gasteiger partial charge in [0.15, 0.2) is 5.82 Å². The average molecular weight is 465 g/mol. The van der Waals surface area contributed by atoms with Crippen LogP contribution < -0.4 is 4.74 Å². The Morgan fingerprint density at radius 2 is 1.52 bits per heavy atom. The number of carbonyl (C=O) groups is 1. The van der Waals surface area contributed by atoms with Crippen molar-refractivity contribution in [1.82, 2.24) is 9.97 Å². The number of hydrogen-bond acceptors (Lipinski definition) is 4. The van der Waals surface area contributed by atoms with E-state index < -0.39 is 5.97 Å². The van der Waals surface area contributed by atoms with Crippen LogP contribution in [0.5, 0.6) is 5.75 Å². The largest absolute Gasteiger partial charge is 0.423 e. The van der Waals surface area contributed by atoms with Crippen molar-refractivity contribution in [2.75, 3.05) is 0 Å². The second-order valence-corrected chi connectivity index (χ2v) is 8.81. The Bertz CT molecular complexity index is 1020. The zero-order valence-electron chi connectivity index (χ0n) is 19.6. The first-order chi connectivity index (χ1) is 16.1. The lowest BCUT2D eigenvalue weighted by atomic mass is 10.0. The van der Waals surface area contributed by atoms with E-state index >= 15 is 0 Å². The zero-order valence-corrected chi connectivity index (χ0v) is 20.4. The third kappa shape index (κ3) is 7.68. The summed E-state index contributed by atoms with van der Waals surface area (Å²) in [4.78, 5) is 21.5. The quantitative estimate of drug-likeness (QED) is 0.155. The minimum atomic E-state index is -0.421. The Labute approximate surface area is 202 Å². The molecule has 0 saturated carbocycles. The van der Waals surface area contributed by atoms with E-state index in [2.05, 4.69) is 23.8 Å². The Morgan fingerprint density at radius 1 is 0.848 bits per heavy atom. The van der Waals surface area contributed by atoms with Crippen LogP contribution in [0.4, 0.5) is 0 Å². The minimum Gasteiger partial charge on any atom is -0.423 e. The maximum atomic E-state index is 12.6. The van der Waals surface area contributed by atoms with Crippen LogP contribution in [0.15, 0.2) is 54.9 Å². The summed E-state index contributed by atoms with van der Waals surface area (Å²) in [7, 11) is 0. The van der Waals surface area contributed by atoms with Gasteiger partial charge in [0.05, 0.1) is 5.56 Å². The molecule has 174 valence electrons. The normalized spacial score (nSPS) is 10.9.